The van der Waals surface area contributed by atoms with Crippen LogP contribution in [0.25, 0.3) is 11.1 Å². The average molecular weight is 422 g/mol. The van der Waals surface area contributed by atoms with Crippen molar-refractivity contribution in [2.24, 2.45) is 5.41 Å². The van der Waals surface area contributed by atoms with Gasteiger partial charge in [-0.05, 0) is 29.2 Å². The first-order valence-electron chi connectivity index (χ1n) is 10.4. The first-order valence-corrected chi connectivity index (χ1v) is 10.4. The fourth-order valence-corrected chi connectivity index (χ4v) is 4.73. The second kappa shape index (κ2) is 7.72. The summed E-state index contributed by atoms with van der Waals surface area (Å²) in [5, 5.41) is 12.0. The number of carbonyl (C=O) groups is 3. The van der Waals surface area contributed by atoms with Gasteiger partial charge in [0.05, 0.1) is 0 Å². The van der Waals surface area contributed by atoms with Gasteiger partial charge in [-0.2, -0.15) is 0 Å². The van der Waals surface area contributed by atoms with E-state index < -0.39 is 35.5 Å². The summed E-state index contributed by atoms with van der Waals surface area (Å²) in [6.45, 7) is 5.63. The van der Waals surface area contributed by atoms with Gasteiger partial charge in [-0.3, -0.25) is 4.79 Å². The number of carboxylic acids is 1. The van der Waals surface area contributed by atoms with E-state index in [-0.39, 0.29) is 12.5 Å². The highest BCUT2D eigenvalue weighted by Crippen LogP contribution is 2.44. The van der Waals surface area contributed by atoms with Crippen molar-refractivity contribution in [1.29, 1.82) is 0 Å². The van der Waals surface area contributed by atoms with Crippen molar-refractivity contribution in [3.63, 3.8) is 0 Å². The molecule has 1 aliphatic heterocycles. The molecule has 1 saturated heterocycles. The number of rotatable bonds is 5. The highest BCUT2D eigenvalue weighted by atomic mass is 16.5. The molecular formula is C24H26N2O5. The third-order valence-electron chi connectivity index (χ3n) is 6.20. The number of amides is 2. The van der Waals surface area contributed by atoms with E-state index >= 15 is 0 Å². The Labute approximate surface area is 181 Å². The van der Waals surface area contributed by atoms with Gasteiger partial charge in [0.15, 0.2) is 0 Å². The predicted molar refractivity (Wildman–Crippen MR) is 115 cm³/mol. The van der Waals surface area contributed by atoms with Crippen molar-refractivity contribution in [3.8, 4) is 11.1 Å². The Morgan fingerprint density at radius 3 is 2.16 bits per heavy atom. The number of carbonyl (C=O) groups excluding carboxylic acids is 2. The molecular weight excluding hydrogens is 396 g/mol. The van der Waals surface area contributed by atoms with Crippen LogP contribution in [0.3, 0.4) is 0 Å². The molecule has 1 unspecified atom stereocenters. The molecule has 31 heavy (non-hydrogen) atoms. The van der Waals surface area contributed by atoms with Crippen molar-refractivity contribution in [2.45, 2.75) is 38.8 Å². The van der Waals surface area contributed by atoms with Crippen LogP contribution in [-0.4, -0.2) is 53.2 Å². The van der Waals surface area contributed by atoms with Crippen molar-refractivity contribution in [2.75, 3.05) is 13.2 Å². The maximum absolute atomic E-state index is 12.6. The molecule has 162 valence electrons. The smallest absolute Gasteiger partial charge is 0.407 e. The number of carboxylic acid groups (broad SMARTS) is 1. The van der Waals surface area contributed by atoms with Gasteiger partial charge in [0.2, 0.25) is 5.91 Å². The van der Waals surface area contributed by atoms with Crippen molar-refractivity contribution >= 4 is 18.0 Å². The summed E-state index contributed by atoms with van der Waals surface area (Å²) in [7, 11) is 0. The minimum Gasteiger partial charge on any atom is -0.480 e. The van der Waals surface area contributed by atoms with E-state index in [9.17, 15) is 19.5 Å². The third kappa shape index (κ3) is 3.65. The molecule has 0 bridgehead atoms. The van der Waals surface area contributed by atoms with Gasteiger partial charge >= 0.3 is 12.1 Å². The van der Waals surface area contributed by atoms with E-state index in [1.165, 1.54) is 11.8 Å². The molecule has 0 radical (unpaired) electrons. The Balaban J connectivity index is 1.38. The minimum absolute atomic E-state index is 0.0725. The van der Waals surface area contributed by atoms with E-state index in [1.807, 2.05) is 36.4 Å². The summed E-state index contributed by atoms with van der Waals surface area (Å²) < 4.78 is 5.47. The number of nitrogens with one attached hydrogen (secondary N) is 1. The van der Waals surface area contributed by atoms with Crippen molar-refractivity contribution in [1.82, 2.24) is 10.2 Å². The zero-order valence-corrected chi connectivity index (χ0v) is 17.8. The molecule has 0 saturated carbocycles. The lowest BCUT2D eigenvalue weighted by molar-refractivity contribution is -0.172. The van der Waals surface area contributed by atoms with Crippen LogP contribution in [0.1, 0.15) is 37.8 Å². The number of aliphatic carboxylic acids is 1. The second-order valence-electron chi connectivity index (χ2n) is 8.89. The number of hydrogen-bond acceptors (Lipinski definition) is 4. The highest BCUT2D eigenvalue weighted by Gasteiger charge is 2.53. The molecule has 2 aromatic rings. The van der Waals surface area contributed by atoms with E-state index in [1.54, 1.807) is 13.8 Å². The number of benzene rings is 2. The second-order valence-corrected chi connectivity index (χ2v) is 8.89. The Kier molecular flexibility index (Phi) is 5.21. The zero-order chi connectivity index (χ0) is 22.3. The molecule has 7 heteroatoms. The lowest BCUT2D eigenvalue weighted by atomic mass is 9.74. The largest absolute Gasteiger partial charge is 0.480 e. The molecule has 2 aromatic carbocycles. The fraction of sp³-hybridized carbons (Fsp3) is 0.375. The molecule has 0 aromatic heterocycles. The van der Waals surface area contributed by atoms with Crippen LogP contribution in [0, 0.1) is 5.41 Å². The number of alkyl carbamates (subject to hydrolysis) is 1. The van der Waals surface area contributed by atoms with Gasteiger partial charge in [0.1, 0.15) is 18.7 Å². The summed E-state index contributed by atoms with van der Waals surface area (Å²) >= 11 is 0. The van der Waals surface area contributed by atoms with Crippen LogP contribution >= 0.6 is 0 Å². The maximum Gasteiger partial charge on any atom is 0.407 e. The van der Waals surface area contributed by atoms with Crippen LogP contribution in [0.2, 0.25) is 0 Å². The topological polar surface area (TPSA) is 95.9 Å². The molecule has 4 rings (SSSR count). The molecule has 2 N–H and O–H groups in total. The maximum atomic E-state index is 12.6. The molecule has 0 spiro atoms. The SMILES string of the molecule is C[C@@H](NC(=O)OCC1c2ccccc2-c2ccccc21)C(=O)N1CC(C)(C)C1C(=O)O. The number of ether oxygens (including phenoxy) is 1. The summed E-state index contributed by atoms with van der Waals surface area (Å²) in [5.74, 6) is -1.55. The molecule has 1 fully saturated rings. The molecule has 1 aliphatic carbocycles. The quantitative estimate of drug-likeness (QED) is 0.771. The molecule has 2 aliphatic rings. The lowest BCUT2D eigenvalue weighted by Gasteiger charge is -2.52. The lowest BCUT2D eigenvalue weighted by Crippen LogP contribution is -2.69. The normalized spacial score (nSPS) is 19.6. The molecule has 1 heterocycles. The fourth-order valence-electron chi connectivity index (χ4n) is 4.73. The number of nitrogens with zero attached hydrogens (tertiary/aromatic N) is 1. The van der Waals surface area contributed by atoms with Crippen LogP contribution < -0.4 is 5.32 Å². The van der Waals surface area contributed by atoms with Gasteiger partial charge in [-0.15, -0.1) is 0 Å². The Morgan fingerprint density at radius 1 is 1.10 bits per heavy atom. The summed E-state index contributed by atoms with van der Waals surface area (Å²) in [6, 6.07) is 14.3. The number of fused-ring (bicyclic) bond motifs is 3. The summed E-state index contributed by atoms with van der Waals surface area (Å²) in [4.78, 5) is 37.8. The van der Waals surface area contributed by atoms with Crippen molar-refractivity contribution < 1.29 is 24.2 Å². The molecule has 2 amide bonds. The minimum atomic E-state index is -1.04. The Hall–Kier alpha value is -3.35. The van der Waals surface area contributed by atoms with Gasteiger partial charge in [-0.1, -0.05) is 62.4 Å². The first-order chi connectivity index (χ1) is 14.7. The average Bonchev–Trinajstić information content (AvgIpc) is 3.03. The monoisotopic (exact) mass is 422 g/mol. The van der Waals surface area contributed by atoms with Gasteiger partial charge in [-0.25, -0.2) is 9.59 Å². The molecule has 2 atom stereocenters. The van der Waals surface area contributed by atoms with Crippen LogP contribution in [-0.2, 0) is 14.3 Å². The standard InChI is InChI=1S/C24H26N2O5/c1-14(21(27)26-13-24(2,3)20(26)22(28)29)25-23(30)31-12-19-17-10-6-4-8-15(17)16-9-5-7-11-18(16)19/h4-11,14,19-20H,12-13H2,1-3H3,(H,25,30)(H,28,29)/t14-,20?/m1/s1. The number of hydrogen-bond donors (Lipinski definition) is 2. The van der Waals surface area contributed by atoms with Crippen LogP contribution in [0.4, 0.5) is 4.79 Å². The highest BCUT2D eigenvalue weighted by molar-refractivity contribution is 5.91. The molecule has 7 nitrogen and oxygen atoms in total. The Morgan fingerprint density at radius 2 is 1.65 bits per heavy atom. The van der Waals surface area contributed by atoms with E-state index in [0.717, 1.165) is 22.3 Å². The van der Waals surface area contributed by atoms with E-state index in [4.69, 9.17) is 4.74 Å². The first kappa shape index (κ1) is 20.9. The Bertz CT molecular complexity index is 1000. The van der Waals surface area contributed by atoms with Crippen molar-refractivity contribution in [3.05, 3.63) is 59.7 Å². The predicted octanol–water partition coefficient (Wildman–Crippen LogP) is 3.24. The van der Waals surface area contributed by atoms with Gasteiger partial charge in [0.25, 0.3) is 0 Å². The third-order valence-corrected chi connectivity index (χ3v) is 6.20. The van der Waals surface area contributed by atoms with E-state index in [0.29, 0.717) is 6.54 Å². The van der Waals surface area contributed by atoms with Crippen LogP contribution in [0.5, 0.6) is 0 Å². The summed E-state index contributed by atoms with van der Waals surface area (Å²) in [5.41, 5.74) is 3.98. The number of likely N-dealkylation sites (tertiary alicyclic amines) is 1. The van der Waals surface area contributed by atoms with E-state index in [2.05, 4.69) is 17.4 Å². The summed E-state index contributed by atoms with van der Waals surface area (Å²) in [6.07, 6.45) is -0.700. The van der Waals surface area contributed by atoms with Crippen LogP contribution in [0.15, 0.2) is 48.5 Å². The zero-order valence-electron chi connectivity index (χ0n) is 17.8. The van der Waals surface area contributed by atoms with Gasteiger partial charge < -0.3 is 20.1 Å². The van der Waals surface area contributed by atoms with Gasteiger partial charge in [0, 0.05) is 17.9 Å².